The van der Waals surface area contributed by atoms with Crippen molar-refractivity contribution in [3.05, 3.63) is 41.1 Å². The highest BCUT2D eigenvalue weighted by Gasteiger charge is 2.46. The zero-order valence-corrected chi connectivity index (χ0v) is 16.1. The van der Waals surface area contributed by atoms with Gasteiger partial charge in [0.2, 0.25) is 5.91 Å². The number of carbonyl (C=O) groups excluding carboxylic acids is 2. The van der Waals surface area contributed by atoms with E-state index >= 15 is 0 Å². The summed E-state index contributed by atoms with van der Waals surface area (Å²) in [5.41, 5.74) is 1.82. The predicted octanol–water partition coefficient (Wildman–Crippen LogP) is 3.30. The second-order valence-electron chi connectivity index (χ2n) is 5.99. The second-order valence-corrected chi connectivity index (χ2v) is 7.29. The Balaban J connectivity index is 2.08. The van der Waals surface area contributed by atoms with E-state index in [1.807, 2.05) is 38.1 Å². The molecule has 1 amide bonds. The van der Waals surface area contributed by atoms with Gasteiger partial charge in [0.25, 0.3) is 0 Å². The number of hydrogen-bond donors (Lipinski definition) is 0. The molecule has 2 heterocycles. The average Bonchev–Trinajstić information content (AvgIpc) is 2.89. The van der Waals surface area contributed by atoms with E-state index in [1.54, 1.807) is 18.7 Å². The number of benzene rings is 1. The maximum Gasteiger partial charge on any atom is 0.338 e. The van der Waals surface area contributed by atoms with Crippen molar-refractivity contribution in [3.8, 4) is 5.75 Å². The smallest absolute Gasteiger partial charge is 0.338 e. The number of carbonyl (C=O) groups is 2. The van der Waals surface area contributed by atoms with Crippen LogP contribution >= 0.6 is 11.8 Å². The van der Waals surface area contributed by atoms with Gasteiger partial charge < -0.3 is 9.47 Å². The molecule has 0 aliphatic carbocycles. The number of fused-ring (bicyclic) bond motifs is 1. The van der Waals surface area contributed by atoms with Crippen molar-refractivity contribution in [2.45, 2.75) is 39.0 Å². The van der Waals surface area contributed by atoms with Crippen molar-refractivity contribution in [2.75, 3.05) is 13.2 Å². The molecule has 138 valence electrons. The lowest BCUT2D eigenvalue weighted by molar-refractivity contribution is -0.139. The first-order valence-electron chi connectivity index (χ1n) is 8.67. The van der Waals surface area contributed by atoms with Gasteiger partial charge in [0.05, 0.1) is 35.8 Å². The van der Waals surface area contributed by atoms with Crippen LogP contribution in [0.2, 0.25) is 0 Å². The third-order valence-electron chi connectivity index (χ3n) is 4.26. The van der Waals surface area contributed by atoms with Gasteiger partial charge in [0, 0.05) is 0 Å². The first-order chi connectivity index (χ1) is 12.5. The second kappa shape index (κ2) is 7.53. The minimum Gasteiger partial charge on any atom is -0.494 e. The summed E-state index contributed by atoms with van der Waals surface area (Å²) >= 11 is 1.41. The summed E-state index contributed by atoms with van der Waals surface area (Å²) in [6.45, 7) is 8.15. The molecule has 0 radical (unpaired) electrons. The lowest BCUT2D eigenvalue weighted by Crippen LogP contribution is -2.40. The van der Waals surface area contributed by atoms with E-state index in [9.17, 15) is 9.59 Å². The van der Waals surface area contributed by atoms with Gasteiger partial charge in [-0.2, -0.15) is 0 Å². The molecule has 1 aromatic carbocycles. The van der Waals surface area contributed by atoms with Crippen LogP contribution in [0.4, 0.5) is 0 Å². The molecule has 3 rings (SSSR count). The van der Waals surface area contributed by atoms with Crippen LogP contribution in [0.1, 0.15) is 39.3 Å². The van der Waals surface area contributed by atoms with Crippen molar-refractivity contribution in [3.63, 3.8) is 0 Å². The zero-order valence-electron chi connectivity index (χ0n) is 15.3. The van der Waals surface area contributed by atoms with Crippen LogP contribution in [0, 0.1) is 0 Å². The van der Waals surface area contributed by atoms with Crippen LogP contribution in [-0.2, 0) is 14.3 Å². The number of hydrogen-bond acceptors (Lipinski definition) is 6. The highest BCUT2D eigenvalue weighted by molar-refractivity contribution is 8.15. The van der Waals surface area contributed by atoms with Crippen molar-refractivity contribution in [1.29, 1.82) is 0 Å². The summed E-state index contributed by atoms with van der Waals surface area (Å²) in [7, 11) is 0. The first kappa shape index (κ1) is 18.5. The quantitative estimate of drug-likeness (QED) is 0.740. The van der Waals surface area contributed by atoms with E-state index < -0.39 is 12.0 Å². The fraction of sp³-hybridized carbons (Fsp3) is 0.421. The number of amidine groups is 1. The molecule has 1 aromatic rings. The Morgan fingerprint density at radius 2 is 1.92 bits per heavy atom. The summed E-state index contributed by atoms with van der Waals surface area (Å²) in [4.78, 5) is 31.5. The summed E-state index contributed by atoms with van der Waals surface area (Å²) < 4.78 is 10.7. The molecule has 0 N–H and O–H groups in total. The minimum absolute atomic E-state index is 0.0538. The van der Waals surface area contributed by atoms with Gasteiger partial charge in [0.1, 0.15) is 5.75 Å². The Morgan fingerprint density at radius 3 is 2.54 bits per heavy atom. The SMILES string of the molecule is CCOC(=O)C1=C(C)N=C2S[C@@H](C)C(=O)N2[C@@H]1c1ccc(OCC)cc1. The van der Waals surface area contributed by atoms with Crippen LogP contribution in [-0.4, -0.2) is 40.4 Å². The van der Waals surface area contributed by atoms with E-state index in [4.69, 9.17) is 9.47 Å². The number of esters is 1. The van der Waals surface area contributed by atoms with Crippen molar-refractivity contribution < 1.29 is 19.1 Å². The lowest BCUT2D eigenvalue weighted by atomic mass is 9.94. The van der Waals surface area contributed by atoms with Crippen LogP contribution in [0.15, 0.2) is 40.5 Å². The minimum atomic E-state index is -0.540. The molecule has 0 unspecified atom stereocenters. The van der Waals surface area contributed by atoms with Crippen LogP contribution in [0.25, 0.3) is 0 Å². The summed E-state index contributed by atoms with van der Waals surface area (Å²) in [6.07, 6.45) is 0. The highest BCUT2D eigenvalue weighted by Crippen LogP contribution is 2.43. The monoisotopic (exact) mass is 374 g/mol. The Morgan fingerprint density at radius 1 is 1.23 bits per heavy atom. The summed E-state index contributed by atoms with van der Waals surface area (Å²) in [6, 6.07) is 6.92. The number of nitrogens with zero attached hydrogens (tertiary/aromatic N) is 2. The van der Waals surface area contributed by atoms with E-state index in [0.717, 1.165) is 11.3 Å². The maximum absolute atomic E-state index is 12.8. The number of thioether (sulfide) groups is 1. The van der Waals surface area contributed by atoms with E-state index in [2.05, 4.69) is 4.99 Å². The molecule has 0 aromatic heterocycles. The predicted molar refractivity (Wildman–Crippen MR) is 101 cm³/mol. The topological polar surface area (TPSA) is 68.2 Å². The fourth-order valence-electron chi connectivity index (χ4n) is 3.10. The number of rotatable bonds is 5. The molecule has 0 saturated carbocycles. The van der Waals surface area contributed by atoms with Gasteiger partial charge in [-0.3, -0.25) is 9.69 Å². The van der Waals surface area contributed by atoms with Crippen molar-refractivity contribution in [1.82, 2.24) is 4.90 Å². The Bertz CT molecular complexity index is 785. The molecule has 2 aliphatic rings. The molecule has 26 heavy (non-hydrogen) atoms. The molecule has 0 bridgehead atoms. The van der Waals surface area contributed by atoms with E-state index in [1.165, 1.54) is 11.8 Å². The lowest BCUT2D eigenvalue weighted by Gasteiger charge is -2.33. The molecule has 2 atom stereocenters. The standard InChI is InChI=1S/C19H22N2O4S/c1-5-24-14-9-7-13(8-10-14)16-15(18(23)25-6-2)11(3)20-19-21(16)17(22)12(4)26-19/h7-10,12,16H,5-6H2,1-4H3/t12-,16+/m0/s1. The number of ether oxygens (including phenoxy) is 2. The highest BCUT2D eigenvalue weighted by atomic mass is 32.2. The zero-order chi connectivity index (χ0) is 18.8. The normalized spacial score (nSPS) is 22.2. The first-order valence-corrected chi connectivity index (χ1v) is 9.54. The Hall–Kier alpha value is -2.28. The maximum atomic E-state index is 12.8. The van der Waals surface area contributed by atoms with Crippen LogP contribution in [0.3, 0.4) is 0 Å². The largest absolute Gasteiger partial charge is 0.494 e. The fourth-order valence-corrected chi connectivity index (χ4v) is 4.13. The molecule has 2 aliphatic heterocycles. The van der Waals surface area contributed by atoms with Crippen molar-refractivity contribution >= 4 is 28.8 Å². The molecule has 1 saturated heterocycles. The summed E-state index contributed by atoms with van der Waals surface area (Å²) in [5.74, 6) is 0.251. The summed E-state index contributed by atoms with van der Waals surface area (Å²) in [5, 5.41) is 0.403. The van der Waals surface area contributed by atoms with E-state index in [-0.39, 0.29) is 17.8 Å². The van der Waals surface area contributed by atoms with Gasteiger partial charge in [-0.25, -0.2) is 9.79 Å². The Labute approximate surface area is 157 Å². The van der Waals surface area contributed by atoms with Gasteiger partial charge in [-0.1, -0.05) is 23.9 Å². The molecule has 6 nitrogen and oxygen atoms in total. The molecular weight excluding hydrogens is 352 g/mol. The average molecular weight is 374 g/mol. The van der Waals surface area contributed by atoms with Gasteiger partial charge in [-0.05, 0) is 45.4 Å². The van der Waals surface area contributed by atoms with Crippen LogP contribution < -0.4 is 4.74 Å². The van der Waals surface area contributed by atoms with Crippen molar-refractivity contribution in [2.24, 2.45) is 4.99 Å². The van der Waals surface area contributed by atoms with Gasteiger partial charge in [-0.15, -0.1) is 0 Å². The number of aliphatic imine (C=N–C) groups is 1. The molecule has 0 spiro atoms. The molecule has 1 fully saturated rings. The van der Waals surface area contributed by atoms with Crippen LogP contribution in [0.5, 0.6) is 5.75 Å². The third-order valence-corrected chi connectivity index (χ3v) is 5.31. The Kier molecular flexibility index (Phi) is 5.36. The number of amides is 1. The van der Waals surface area contributed by atoms with Gasteiger partial charge in [0.15, 0.2) is 5.17 Å². The number of allylic oxidation sites excluding steroid dienone is 1. The van der Waals surface area contributed by atoms with E-state index in [0.29, 0.717) is 23.0 Å². The third kappa shape index (κ3) is 3.23. The molecular formula is C19H22N2O4S. The molecule has 7 heteroatoms. The van der Waals surface area contributed by atoms with Gasteiger partial charge >= 0.3 is 5.97 Å².